The number of nitrogens with zero attached hydrogens (tertiary/aromatic N) is 2. The van der Waals surface area contributed by atoms with Crippen molar-refractivity contribution in [2.45, 2.75) is 12.5 Å². The minimum Gasteiger partial charge on any atom is -0.368 e. The Morgan fingerprint density at radius 3 is 2.58 bits per heavy atom. The number of nitrogens with two attached hydrogens (primary N) is 2. The van der Waals surface area contributed by atoms with Crippen molar-refractivity contribution in [1.82, 2.24) is 9.97 Å². The third-order valence-electron chi connectivity index (χ3n) is 1.39. The minimum absolute atomic E-state index is 0.288. The second-order valence-corrected chi connectivity index (χ2v) is 2.38. The molecule has 0 aliphatic heterocycles. The van der Waals surface area contributed by atoms with E-state index in [1.165, 1.54) is 0 Å². The molecule has 1 unspecified atom stereocenters. The summed E-state index contributed by atoms with van der Waals surface area (Å²) in [5.74, 6) is -0.00810. The summed E-state index contributed by atoms with van der Waals surface area (Å²) in [4.78, 5) is 18.3. The Balaban J connectivity index is 2.58. The molecule has 1 heterocycles. The van der Waals surface area contributed by atoms with E-state index in [1.54, 1.807) is 18.5 Å². The Labute approximate surface area is 69.8 Å². The molecule has 1 aromatic heterocycles. The Bertz CT molecular complexity index is 261. The summed E-state index contributed by atoms with van der Waals surface area (Å²) >= 11 is 0. The Morgan fingerprint density at radius 2 is 2.08 bits per heavy atom. The fourth-order valence-corrected chi connectivity index (χ4v) is 0.733. The molecule has 0 aromatic carbocycles. The summed E-state index contributed by atoms with van der Waals surface area (Å²) in [6, 6.07) is 0.992. The van der Waals surface area contributed by atoms with Gasteiger partial charge in [0.15, 0.2) is 0 Å². The van der Waals surface area contributed by atoms with Crippen LogP contribution in [0.3, 0.4) is 0 Å². The van der Waals surface area contributed by atoms with Crippen LogP contribution in [0.25, 0.3) is 0 Å². The van der Waals surface area contributed by atoms with Crippen LogP contribution in [0.1, 0.15) is 5.82 Å². The molecule has 0 aliphatic rings. The van der Waals surface area contributed by atoms with Crippen LogP contribution < -0.4 is 11.5 Å². The molecular weight excluding hydrogens is 156 g/mol. The standard InChI is InChI=1S/C7H10N4O/c8-5(7(9)12)4-6-10-2-1-3-11-6/h1-3,5H,4,8H2,(H2,9,12). The van der Waals surface area contributed by atoms with Crippen molar-refractivity contribution in [3.8, 4) is 0 Å². The lowest BCUT2D eigenvalue weighted by molar-refractivity contribution is -0.119. The van der Waals surface area contributed by atoms with Crippen molar-refractivity contribution >= 4 is 5.91 Å². The quantitative estimate of drug-likeness (QED) is 0.591. The zero-order chi connectivity index (χ0) is 8.97. The van der Waals surface area contributed by atoms with Crippen LogP contribution in [0.4, 0.5) is 0 Å². The van der Waals surface area contributed by atoms with Crippen LogP contribution in [-0.4, -0.2) is 21.9 Å². The molecule has 1 atom stereocenters. The first-order valence-corrected chi connectivity index (χ1v) is 3.51. The van der Waals surface area contributed by atoms with Gasteiger partial charge in [-0.1, -0.05) is 0 Å². The van der Waals surface area contributed by atoms with Gasteiger partial charge in [0.25, 0.3) is 0 Å². The van der Waals surface area contributed by atoms with Crippen molar-refractivity contribution < 1.29 is 4.79 Å². The van der Waals surface area contributed by atoms with E-state index in [-0.39, 0.29) is 6.42 Å². The Hall–Kier alpha value is -1.49. The third kappa shape index (κ3) is 2.28. The highest BCUT2D eigenvalue weighted by molar-refractivity contribution is 5.79. The van der Waals surface area contributed by atoms with Crippen LogP contribution in [-0.2, 0) is 11.2 Å². The van der Waals surface area contributed by atoms with E-state index in [4.69, 9.17) is 11.5 Å². The molecule has 0 bridgehead atoms. The number of rotatable bonds is 3. The summed E-state index contributed by atoms with van der Waals surface area (Å²) in [6.45, 7) is 0. The second kappa shape index (κ2) is 3.77. The zero-order valence-corrected chi connectivity index (χ0v) is 6.47. The second-order valence-electron chi connectivity index (χ2n) is 2.38. The molecule has 0 saturated heterocycles. The lowest BCUT2D eigenvalue weighted by Crippen LogP contribution is -2.38. The first kappa shape index (κ1) is 8.61. The van der Waals surface area contributed by atoms with Crippen molar-refractivity contribution in [2.24, 2.45) is 11.5 Å². The zero-order valence-electron chi connectivity index (χ0n) is 6.47. The minimum atomic E-state index is -0.701. The van der Waals surface area contributed by atoms with Gasteiger partial charge in [0, 0.05) is 18.8 Å². The van der Waals surface area contributed by atoms with Gasteiger partial charge in [-0.25, -0.2) is 9.97 Å². The van der Waals surface area contributed by atoms with Gasteiger partial charge < -0.3 is 11.5 Å². The number of carbonyl (C=O) groups excluding carboxylic acids is 1. The number of hydrogen-bond donors (Lipinski definition) is 2. The third-order valence-corrected chi connectivity index (χ3v) is 1.39. The van der Waals surface area contributed by atoms with Gasteiger partial charge in [0.2, 0.25) is 5.91 Å². The van der Waals surface area contributed by atoms with Crippen LogP contribution >= 0.6 is 0 Å². The average Bonchev–Trinajstić information content (AvgIpc) is 2.06. The normalized spacial score (nSPS) is 12.4. The lowest BCUT2D eigenvalue weighted by atomic mass is 10.2. The summed E-state index contributed by atoms with van der Waals surface area (Å²) in [7, 11) is 0. The highest BCUT2D eigenvalue weighted by atomic mass is 16.1. The van der Waals surface area contributed by atoms with Crippen LogP contribution in [0.2, 0.25) is 0 Å². The number of carbonyl (C=O) groups is 1. The maximum Gasteiger partial charge on any atom is 0.234 e. The van der Waals surface area contributed by atoms with Crippen molar-refractivity contribution in [2.75, 3.05) is 0 Å². The van der Waals surface area contributed by atoms with E-state index in [0.717, 1.165) is 0 Å². The van der Waals surface area contributed by atoms with E-state index in [1.807, 2.05) is 0 Å². The predicted molar refractivity (Wildman–Crippen MR) is 42.9 cm³/mol. The van der Waals surface area contributed by atoms with E-state index in [2.05, 4.69) is 9.97 Å². The molecule has 4 N–H and O–H groups in total. The van der Waals surface area contributed by atoms with Gasteiger partial charge in [0.05, 0.1) is 6.04 Å². The largest absolute Gasteiger partial charge is 0.368 e. The molecule has 0 saturated carbocycles. The van der Waals surface area contributed by atoms with E-state index in [9.17, 15) is 4.79 Å². The smallest absolute Gasteiger partial charge is 0.234 e. The van der Waals surface area contributed by atoms with E-state index < -0.39 is 11.9 Å². The molecular formula is C7H10N4O. The summed E-state index contributed by atoms with van der Waals surface area (Å²) in [5, 5.41) is 0. The summed E-state index contributed by atoms with van der Waals surface area (Å²) in [5.41, 5.74) is 10.4. The first-order chi connectivity index (χ1) is 5.70. The van der Waals surface area contributed by atoms with E-state index in [0.29, 0.717) is 5.82 Å². The molecule has 1 amide bonds. The molecule has 0 spiro atoms. The molecule has 1 rings (SSSR count). The molecule has 0 radical (unpaired) electrons. The first-order valence-electron chi connectivity index (χ1n) is 3.51. The van der Waals surface area contributed by atoms with Crippen molar-refractivity contribution in [1.29, 1.82) is 0 Å². The molecule has 5 heteroatoms. The fraction of sp³-hybridized carbons (Fsp3) is 0.286. The highest BCUT2D eigenvalue weighted by Gasteiger charge is 2.10. The molecule has 5 nitrogen and oxygen atoms in total. The fourth-order valence-electron chi connectivity index (χ4n) is 0.733. The van der Waals surface area contributed by atoms with Gasteiger partial charge >= 0.3 is 0 Å². The van der Waals surface area contributed by atoms with Crippen LogP contribution in [0, 0.1) is 0 Å². The van der Waals surface area contributed by atoms with Crippen LogP contribution in [0.15, 0.2) is 18.5 Å². The van der Waals surface area contributed by atoms with Gasteiger partial charge in [-0.05, 0) is 6.07 Å². The average molecular weight is 166 g/mol. The molecule has 64 valence electrons. The maximum atomic E-state index is 10.5. The van der Waals surface area contributed by atoms with Crippen molar-refractivity contribution in [3.05, 3.63) is 24.3 Å². The Kier molecular flexibility index (Phi) is 2.71. The maximum absolute atomic E-state index is 10.5. The summed E-state index contributed by atoms with van der Waals surface area (Å²) in [6.07, 6.45) is 3.47. The van der Waals surface area contributed by atoms with Gasteiger partial charge in [0.1, 0.15) is 5.82 Å². The van der Waals surface area contributed by atoms with Crippen molar-refractivity contribution in [3.63, 3.8) is 0 Å². The summed E-state index contributed by atoms with van der Waals surface area (Å²) < 4.78 is 0. The van der Waals surface area contributed by atoms with Gasteiger partial charge in [-0.2, -0.15) is 0 Å². The molecule has 12 heavy (non-hydrogen) atoms. The number of hydrogen-bond acceptors (Lipinski definition) is 4. The molecule has 1 aromatic rings. The van der Waals surface area contributed by atoms with Crippen LogP contribution in [0.5, 0.6) is 0 Å². The topological polar surface area (TPSA) is 94.9 Å². The molecule has 0 aliphatic carbocycles. The molecule has 0 fully saturated rings. The van der Waals surface area contributed by atoms with E-state index >= 15 is 0 Å². The van der Waals surface area contributed by atoms with Gasteiger partial charge in [-0.3, -0.25) is 4.79 Å². The number of aromatic nitrogens is 2. The lowest BCUT2D eigenvalue weighted by Gasteiger charge is -2.04. The predicted octanol–water partition coefficient (Wildman–Crippen LogP) is -1.17. The van der Waals surface area contributed by atoms with Gasteiger partial charge in [-0.15, -0.1) is 0 Å². The highest BCUT2D eigenvalue weighted by Crippen LogP contribution is 1.92. The Morgan fingerprint density at radius 1 is 1.50 bits per heavy atom. The monoisotopic (exact) mass is 166 g/mol. The SMILES string of the molecule is NC(=O)C(N)Cc1ncccn1. The number of primary amides is 1. The number of amides is 1.